The fourth-order valence-corrected chi connectivity index (χ4v) is 3.97. The van der Waals surface area contributed by atoms with Crippen molar-refractivity contribution in [1.29, 1.82) is 0 Å². The fraction of sp³-hybridized carbons (Fsp3) is 0.429. The smallest absolute Gasteiger partial charge is 0.253 e. The average molecular weight is 531 g/mol. The second-order valence-electron chi connectivity index (χ2n) is 8.63. The van der Waals surface area contributed by atoms with Gasteiger partial charge in [0, 0.05) is 51.6 Å². The normalized spacial score (nSPS) is 14.6. The van der Waals surface area contributed by atoms with Gasteiger partial charge in [-0.2, -0.15) is 0 Å². The van der Waals surface area contributed by atoms with Crippen molar-refractivity contribution in [3.8, 4) is 0 Å². The number of hydrogen-bond acceptors (Lipinski definition) is 6. The topological polar surface area (TPSA) is 97.9 Å². The molecule has 2 unspecified atom stereocenters. The molecule has 202 valence electrons. The quantitative estimate of drug-likeness (QED) is 0.304. The second-order valence-corrected chi connectivity index (χ2v) is 9.02. The Morgan fingerprint density at radius 1 is 1.22 bits per heavy atom. The number of carbonyl (C=O) groups excluding carboxylic acids is 1. The SMILES string of the molecule is CC.COC(CN(C)C(=O)c1ccc(CCNCC(O)C2=CC=C(Cl)N(C)C2)cc1)c1cccc(=O)[nH]1. The fourth-order valence-electron chi connectivity index (χ4n) is 3.84. The third-order valence-corrected chi connectivity index (χ3v) is 6.40. The number of aliphatic hydroxyl groups is 1. The largest absolute Gasteiger partial charge is 0.387 e. The maximum Gasteiger partial charge on any atom is 0.253 e. The van der Waals surface area contributed by atoms with Gasteiger partial charge >= 0.3 is 0 Å². The molecule has 37 heavy (non-hydrogen) atoms. The van der Waals surface area contributed by atoms with Gasteiger partial charge < -0.3 is 29.9 Å². The number of hydrogen-bond donors (Lipinski definition) is 3. The molecule has 2 atom stereocenters. The molecule has 0 bridgehead atoms. The molecule has 0 radical (unpaired) electrons. The zero-order valence-electron chi connectivity index (χ0n) is 22.3. The van der Waals surface area contributed by atoms with Gasteiger partial charge in [-0.05, 0) is 48.4 Å². The van der Waals surface area contributed by atoms with Crippen LogP contribution in [0, 0.1) is 0 Å². The van der Waals surface area contributed by atoms with E-state index < -0.39 is 12.2 Å². The van der Waals surface area contributed by atoms with Crippen LogP contribution in [0.5, 0.6) is 0 Å². The standard InChI is InChI=1S/C26H33ClN4O4.C2H6/c1-30-16-20(11-12-24(30)27)22(32)15-28-14-13-18-7-9-19(10-8-18)26(34)31(2)17-23(35-3)21-5-4-6-25(33)29-21;1-2/h4-12,22-23,28,32H,13-17H2,1-3H3,(H,29,33);1-2H3. The van der Waals surface area contributed by atoms with Gasteiger partial charge in [-0.3, -0.25) is 9.59 Å². The molecule has 1 aromatic heterocycles. The lowest BCUT2D eigenvalue weighted by Crippen LogP contribution is -2.34. The summed E-state index contributed by atoms with van der Waals surface area (Å²) in [6, 6.07) is 12.4. The van der Waals surface area contributed by atoms with Gasteiger partial charge in [-0.25, -0.2) is 0 Å². The highest BCUT2D eigenvalue weighted by molar-refractivity contribution is 6.29. The summed E-state index contributed by atoms with van der Waals surface area (Å²) in [5.41, 5.74) is 3.01. The molecule has 0 saturated heterocycles. The number of amides is 1. The van der Waals surface area contributed by atoms with E-state index in [9.17, 15) is 14.7 Å². The van der Waals surface area contributed by atoms with Crippen LogP contribution in [0.1, 0.15) is 41.6 Å². The van der Waals surface area contributed by atoms with Gasteiger partial charge in [0.2, 0.25) is 5.56 Å². The first kappa shape index (κ1) is 30.3. The summed E-state index contributed by atoms with van der Waals surface area (Å²) in [7, 11) is 5.15. The van der Waals surface area contributed by atoms with Crippen LogP contribution >= 0.6 is 11.6 Å². The van der Waals surface area contributed by atoms with Crippen molar-refractivity contribution in [2.45, 2.75) is 32.5 Å². The number of pyridine rings is 1. The number of benzene rings is 1. The predicted molar refractivity (Wildman–Crippen MR) is 149 cm³/mol. The molecule has 1 aliphatic heterocycles. The zero-order valence-corrected chi connectivity index (χ0v) is 23.1. The molecule has 0 fully saturated rings. The number of aliphatic hydroxyl groups excluding tert-OH is 1. The van der Waals surface area contributed by atoms with Gasteiger partial charge in [0.25, 0.3) is 5.91 Å². The third-order valence-electron chi connectivity index (χ3n) is 5.99. The number of aromatic amines is 1. The number of halogens is 1. The number of methoxy groups -OCH3 is 1. The number of nitrogens with zero attached hydrogens (tertiary/aromatic N) is 2. The van der Waals surface area contributed by atoms with Crippen LogP contribution in [0.4, 0.5) is 0 Å². The minimum atomic E-state index is -0.571. The Balaban J connectivity index is 0.00000235. The Bertz CT molecular complexity index is 1110. The van der Waals surface area contributed by atoms with E-state index in [0.717, 1.165) is 17.6 Å². The molecule has 2 heterocycles. The van der Waals surface area contributed by atoms with E-state index in [1.807, 2.05) is 56.1 Å². The Labute approximate surface area is 224 Å². The molecule has 3 rings (SSSR count). The van der Waals surface area contributed by atoms with Crippen LogP contribution in [0.2, 0.25) is 0 Å². The maximum atomic E-state index is 12.9. The Morgan fingerprint density at radius 3 is 2.54 bits per heavy atom. The molecule has 8 nitrogen and oxygen atoms in total. The summed E-state index contributed by atoms with van der Waals surface area (Å²) in [6.07, 6.45) is 3.43. The van der Waals surface area contributed by atoms with Gasteiger partial charge in [-0.1, -0.05) is 49.7 Å². The summed E-state index contributed by atoms with van der Waals surface area (Å²) >= 11 is 6.04. The minimum Gasteiger partial charge on any atom is -0.387 e. The third kappa shape index (κ3) is 9.16. The molecule has 0 aliphatic carbocycles. The molecule has 3 N–H and O–H groups in total. The van der Waals surface area contributed by atoms with Gasteiger partial charge in [0.15, 0.2) is 0 Å². The van der Waals surface area contributed by atoms with Crippen LogP contribution in [0.3, 0.4) is 0 Å². The molecular weight excluding hydrogens is 492 g/mol. The average Bonchev–Trinajstić information content (AvgIpc) is 2.92. The number of H-pyrrole nitrogens is 1. The van der Waals surface area contributed by atoms with Crippen LogP contribution in [0.15, 0.2) is 70.1 Å². The lowest BCUT2D eigenvalue weighted by Gasteiger charge is -2.26. The van der Waals surface area contributed by atoms with Gasteiger partial charge in [0.05, 0.1) is 12.6 Å². The lowest BCUT2D eigenvalue weighted by atomic mass is 10.1. The molecule has 9 heteroatoms. The van der Waals surface area contributed by atoms with Gasteiger partial charge in [0.1, 0.15) is 11.3 Å². The maximum absolute atomic E-state index is 12.9. The molecule has 1 aliphatic rings. The monoisotopic (exact) mass is 530 g/mol. The van der Waals surface area contributed by atoms with E-state index in [2.05, 4.69) is 10.3 Å². The first-order valence-corrected chi connectivity index (χ1v) is 12.9. The summed E-state index contributed by atoms with van der Waals surface area (Å²) in [5, 5.41) is 14.3. The highest BCUT2D eigenvalue weighted by atomic mass is 35.5. The number of nitrogens with one attached hydrogen (secondary N) is 2. The highest BCUT2D eigenvalue weighted by Gasteiger charge is 2.19. The van der Waals surface area contributed by atoms with Crippen LogP contribution < -0.4 is 10.9 Å². The Kier molecular flexibility index (Phi) is 12.6. The molecular formula is C28H39ClN4O4. The first-order valence-electron chi connectivity index (χ1n) is 12.5. The summed E-state index contributed by atoms with van der Waals surface area (Å²) in [4.78, 5) is 30.7. The lowest BCUT2D eigenvalue weighted by molar-refractivity contribution is 0.0524. The van der Waals surface area contributed by atoms with E-state index in [0.29, 0.717) is 42.6 Å². The number of allylic oxidation sites excluding steroid dienone is 2. The van der Waals surface area contributed by atoms with Crippen LogP contribution in [0.25, 0.3) is 0 Å². The summed E-state index contributed by atoms with van der Waals surface area (Å²) in [6.45, 7) is 6.07. The van der Waals surface area contributed by atoms with E-state index in [1.165, 1.54) is 6.07 Å². The summed E-state index contributed by atoms with van der Waals surface area (Å²) in [5.74, 6) is -0.127. The van der Waals surface area contributed by atoms with Crippen molar-refractivity contribution in [3.05, 3.63) is 92.5 Å². The second kappa shape index (κ2) is 15.4. The molecule has 0 spiro atoms. The van der Waals surface area contributed by atoms with E-state index in [4.69, 9.17) is 16.3 Å². The molecule has 1 aromatic carbocycles. The van der Waals surface area contributed by atoms with E-state index >= 15 is 0 Å². The number of aromatic nitrogens is 1. The molecule has 2 aromatic rings. The van der Waals surface area contributed by atoms with Crippen LogP contribution in [-0.2, 0) is 11.2 Å². The number of ether oxygens (including phenoxy) is 1. The van der Waals surface area contributed by atoms with Crippen molar-refractivity contribution < 1.29 is 14.6 Å². The highest BCUT2D eigenvalue weighted by Crippen LogP contribution is 2.18. The summed E-state index contributed by atoms with van der Waals surface area (Å²) < 4.78 is 5.48. The zero-order chi connectivity index (χ0) is 27.4. The first-order chi connectivity index (χ1) is 17.8. The van der Waals surface area contributed by atoms with Crippen molar-refractivity contribution in [2.75, 3.05) is 47.4 Å². The minimum absolute atomic E-state index is 0.127. The van der Waals surface area contributed by atoms with Crippen molar-refractivity contribution in [2.24, 2.45) is 0 Å². The molecule has 1 amide bonds. The Hall–Kier alpha value is -2.91. The van der Waals surface area contributed by atoms with Gasteiger partial charge in [-0.15, -0.1) is 0 Å². The van der Waals surface area contributed by atoms with Crippen molar-refractivity contribution in [3.63, 3.8) is 0 Å². The number of likely N-dealkylation sites (N-methyl/N-ethyl adjacent to an activating group) is 2. The van der Waals surface area contributed by atoms with E-state index in [1.54, 1.807) is 37.3 Å². The van der Waals surface area contributed by atoms with E-state index in [-0.39, 0.29) is 11.5 Å². The van der Waals surface area contributed by atoms with Crippen LogP contribution in [-0.4, -0.2) is 79.3 Å². The van der Waals surface area contributed by atoms with Crippen molar-refractivity contribution in [1.82, 2.24) is 20.1 Å². The number of rotatable bonds is 11. The Morgan fingerprint density at radius 2 is 1.92 bits per heavy atom. The number of carbonyl (C=O) groups is 1. The predicted octanol–water partition coefficient (Wildman–Crippen LogP) is 3.31. The molecule has 0 saturated carbocycles. The van der Waals surface area contributed by atoms with Crippen molar-refractivity contribution >= 4 is 17.5 Å².